The van der Waals surface area contributed by atoms with Gasteiger partial charge in [0.15, 0.2) is 0 Å². The van der Waals surface area contributed by atoms with E-state index in [0.717, 1.165) is 27.0 Å². The lowest BCUT2D eigenvalue weighted by atomic mass is 9.73. The number of halogens is 2. The normalized spacial score (nSPS) is 24.3. The van der Waals surface area contributed by atoms with Crippen LogP contribution in [0.1, 0.15) is 26.7 Å². The van der Waals surface area contributed by atoms with E-state index < -0.39 is 0 Å². The Labute approximate surface area is 111 Å². The summed E-state index contributed by atoms with van der Waals surface area (Å²) in [7, 11) is 0. The summed E-state index contributed by atoms with van der Waals surface area (Å²) in [6.45, 7) is 4.61. The highest BCUT2D eigenvalue weighted by Crippen LogP contribution is 2.36. The molecule has 0 aliphatic heterocycles. The van der Waals surface area contributed by atoms with Crippen LogP contribution in [0, 0.1) is 11.8 Å². The number of hydrogen-bond donors (Lipinski definition) is 1. The Kier molecular flexibility index (Phi) is 3.81. The van der Waals surface area contributed by atoms with Gasteiger partial charge in [-0.25, -0.2) is 0 Å². The zero-order valence-corrected chi connectivity index (χ0v) is 12.0. The van der Waals surface area contributed by atoms with Crippen LogP contribution >= 0.6 is 27.5 Å². The molecule has 16 heavy (non-hydrogen) atoms. The molecule has 0 radical (unpaired) electrons. The molecule has 1 N–H and O–H groups in total. The highest BCUT2D eigenvalue weighted by molar-refractivity contribution is 9.10. The fourth-order valence-electron chi connectivity index (χ4n) is 2.15. The molecule has 0 aromatic heterocycles. The van der Waals surface area contributed by atoms with Crippen LogP contribution in [0.3, 0.4) is 0 Å². The third kappa shape index (κ3) is 2.72. The van der Waals surface area contributed by atoms with Crippen molar-refractivity contribution in [3.63, 3.8) is 0 Å². The Bertz CT molecular complexity index is 372. The molecule has 2 rings (SSSR count). The van der Waals surface area contributed by atoms with E-state index in [4.69, 9.17) is 11.6 Å². The molecule has 0 heterocycles. The molecule has 0 bridgehead atoms. The highest BCUT2D eigenvalue weighted by Gasteiger charge is 2.30. The maximum absolute atomic E-state index is 5.96. The van der Waals surface area contributed by atoms with E-state index in [0.29, 0.717) is 6.04 Å². The van der Waals surface area contributed by atoms with Gasteiger partial charge in [0.1, 0.15) is 0 Å². The van der Waals surface area contributed by atoms with Crippen molar-refractivity contribution in [2.45, 2.75) is 32.7 Å². The topological polar surface area (TPSA) is 12.0 Å². The standard InChI is InChI=1S/C13H17BrClN/c1-8(2)9-5-11(6-9)16-10-3-4-13(15)12(14)7-10/h3-4,7-9,11,16H,5-6H2,1-2H3. The number of benzene rings is 1. The average Bonchev–Trinajstić information content (AvgIpc) is 2.15. The number of anilines is 1. The van der Waals surface area contributed by atoms with Crippen molar-refractivity contribution in [1.82, 2.24) is 0 Å². The highest BCUT2D eigenvalue weighted by atomic mass is 79.9. The maximum atomic E-state index is 5.96. The summed E-state index contributed by atoms with van der Waals surface area (Å²) in [4.78, 5) is 0. The second-order valence-electron chi connectivity index (χ2n) is 4.95. The Morgan fingerprint density at radius 1 is 1.38 bits per heavy atom. The van der Waals surface area contributed by atoms with Crippen LogP contribution in [-0.4, -0.2) is 6.04 Å². The summed E-state index contributed by atoms with van der Waals surface area (Å²) in [5.74, 6) is 1.71. The van der Waals surface area contributed by atoms with Crippen LogP contribution in [0.5, 0.6) is 0 Å². The van der Waals surface area contributed by atoms with E-state index in [1.54, 1.807) is 0 Å². The second kappa shape index (κ2) is 4.97. The Balaban J connectivity index is 1.89. The molecule has 1 aliphatic carbocycles. The first kappa shape index (κ1) is 12.3. The van der Waals surface area contributed by atoms with Gasteiger partial charge in [-0.3, -0.25) is 0 Å². The van der Waals surface area contributed by atoms with Gasteiger partial charge >= 0.3 is 0 Å². The van der Waals surface area contributed by atoms with Crippen LogP contribution in [-0.2, 0) is 0 Å². The molecule has 1 fully saturated rings. The van der Waals surface area contributed by atoms with E-state index in [9.17, 15) is 0 Å². The van der Waals surface area contributed by atoms with Crippen molar-refractivity contribution in [2.75, 3.05) is 5.32 Å². The minimum atomic E-state index is 0.639. The average molecular weight is 303 g/mol. The quantitative estimate of drug-likeness (QED) is 0.833. The molecule has 1 saturated carbocycles. The number of hydrogen-bond acceptors (Lipinski definition) is 1. The predicted octanol–water partition coefficient (Wildman–Crippen LogP) is 4.95. The number of rotatable bonds is 3. The zero-order valence-electron chi connectivity index (χ0n) is 9.63. The summed E-state index contributed by atoms with van der Waals surface area (Å²) in [5.41, 5.74) is 1.16. The molecule has 88 valence electrons. The van der Waals surface area contributed by atoms with E-state index >= 15 is 0 Å². The van der Waals surface area contributed by atoms with Gasteiger partial charge in [0.05, 0.1) is 5.02 Å². The SMILES string of the molecule is CC(C)C1CC(Nc2ccc(Cl)c(Br)c2)C1. The van der Waals surface area contributed by atoms with Gasteiger partial charge in [0.2, 0.25) is 0 Å². The fourth-order valence-corrected chi connectivity index (χ4v) is 2.64. The molecular formula is C13H17BrClN. The van der Waals surface area contributed by atoms with Crippen molar-refractivity contribution in [1.29, 1.82) is 0 Å². The van der Waals surface area contributed by atoms with Crippen LogP contribution < -0.4 is 5.32 Å². The molecule has 0 amide bonds. The molecule has 3 heteroatoms. The van der Waals surface area contributed by atoms with Gasteiger partial charge in [-0.2, -0.15) is 0 Å². The predicted molar refractivity (Wildman–Crippen MR) is 74.1 cm³/mol. The fraction of sp³-hybridized carbons (Fsp3) is 0.538. The van der Waals surface area contributed by atoms with Crippen molar-refractivity contribution in [2.24, 2.45) is 11.8 Å². The lowest BCUT2D eigenvalue weighted by Gasteiger charge is -2.39. The first-order chi connectivity index (χ1) is 7.56. The minimum absolute atomic E-state index is 0.639. The first-order valence-corrected chi connectivity index (χ1v) is 6.95. The maximum Gasteiger partial charge on any atom is 0.0549 e. The Morgan fingerprint density at radius 3 is 2.62 bits per heavy atom. The number of nitrogens with one attached hydrogen (secondary N) is 1. The lowest BCUT2D eigenvalue weighted by Crippen LogP contribution is -2.37. The van der Waals surface area contributed by atoms with Gasteiger partial charge in [0.25, 0.3) is 0 Å². The van der Waals surface area contributed by atoms with E-state index in [-0.39, 0.29) is 0 Å². The summed E-state index contributed by atoms with van der Waals surface area (Å²) >= 11 is 9.39. The van der Waals surface area contributed by atoms with Crippen molar-refractivity contribution in [3.8, 4) is 0 Å². The third-order valence-electron chi connectivity index (χ3n) is 3.41. The van der Waals surface area contributed by atoms with Gasteiger partial charge in [-0.05, 0) is 58.8 Å². The minimum Gasteiger partial charge on any atom is -0.382 e. The monoisotopic (exact) mass is 301 g/mol. The molecule has 1 aromatic carbocycles. The molecule has 1 aromatic rings. The summed E-state index contributed by atoms with van der Waals surface area (Å²) in [6.07, 6.45) is 2.58. The lowest BCUT2D eigenvalue weighted by molar-refractivity contribution is 0.212. The van der Waals surface area contributed by atoms with Crippen LogP contribution in [0.25, 0.3) is 0 Å². The molecule has 1 nitrogen and oxygen atoms in total. The van der Waals surface area contributed by atoms with Crippen LogP contribution in [0.15, 0.2) is 22.7 Å². The van der Waals surface area contributed by atoms with Gasteiger partial charge in [0, 0.05) is 16.2 Å². The zero-order chi connectivity index (χ0) is 11.7. The van der Waals surface area contributed by atoms with Crippen molar-refractivity contribution in [3.05, 3.63) is 27.7 Å². The van der Waals surface area contributed by atoms with E-state index in [2.05, 4.69) is 35.1 Å². The Hall–Kier alpha value is -0.210. The first-order valence-electron chi connectivity index (χ1n) is 5.78. The summed E-state index contributed by atoms with van der Waals surface area (Å²) < 4.78 is 0.957. The van der Waals surface area contributed by atoms with Crippen molar-refractivity contribution >= 4 is 33.2 Å². The summed E-state index contributed by atoms with van der Waals surface area (Å²) in [6, 6.07) is 6.65. The van der Waals surface area contributed by atoms with E-state index in [1.807, 2.05) is 18.2 Å². The smallest absolute Gasteiger partial charge is 0.0549 e. The Morgan fingerprint density at radius 2 is 2.06 bits per heavy atom. The molecule has 0 atom stereocenters. The second-order valence-corrected chi connectivity index (χ2v) is 6.21. The molecule has 0 saturated heterocycles. The van der Waals surface area contributed by atoms with Crippen molar-refractivity contribution < 1.29 is 0 Å². The van der Waals surface area contributed by atoms with Gasteiger partial charge < -0.3 is 5.32 Å². The molecule has 1 aliphatic rings. The third-order valence-corrected chi connectivity index (χ3v) is 4.62. The largest absolute Gasteiger partial charge is 0.382 e. The molecular weight excluding hydrogens is 286 g/mol. The van der Waals surface area contributed by atoms with E-state index in [1.165, 1.54) is 12.8 Å². The molecule has 0 spiro atoms. The van der Waals surface area contributed by atoms with Crippen LogP contribution in [0.4, 0.5) is 5.69 Å². The van der Waals surface area contributed by atoms with Crippen LogP contribution in [0.2, 0.25) is 5.02 Å². The van der Waals surface area contributed by atoms with Gasteiger partial charge in [-0.15, -0.1) is 0 Å². The summed E-state index contributed by atoms with van der Waals surface area (Å²) in [5, 5.41) is 4.31. The molecule has 0 unspecified atom stereocenters. The van der Waals surface area contributed by atoms with Gasteiger partial charge in [-0.1, -0.05) is 25.4 Å².